The molecule has 0 unspecified atom stereocenters. The average Bonchev–Trinajstić information content (AvgIpc) is 2.90. The first-order chi connectivity index (χ1) is 9.04. The molecule has 2 aromatic heterocycles. The molecular weight excluding hydrogens is 328 g/mol. The summed E-state index contributed by atoms with van der Waals surface area (Å²) in [6.45, 7) is 5.81. The number of hydrogen-bond acceptors (Lipinski definition) is 4. The van der Waals surface area contributed by atoms with Crippen LogP contribution in [0.1, 0.15) is 26.2 Å². The van der Waals surface area contributed by atoms with Crippen molar-refractivity contribution in [1.82, 2.24) is 19.7 Å². The molecule has 0 spiro atoms. The van der Waals surface area contributed by atoms with Gasteiger partial charge < -0.3 is 4.90 Å². The first-order valence-corrected chi connectivity index (χ1v) is 7.61. The number of carbonyl (C=O) groups excluding carboxylic acids is 1. The smallest absolute Gasteiger partial charge is 0.264 e. The van der Waals surface area contributed by atoms with Crippen LogP contribution in [0.3, 0.4) is 0 Å². The van der Waals surface area contributed by atoms with Crippen molar-refractivity contribution in [3.05, 3.63) is 31.9 Å². The quantitative estimate of drug-likeness (QED) is 0.800. The van der Waals surface area contributed by atoms with E-state index in [0.717, 1.165) is 25.9 Å². The first-order valence-electron chi connectivity index (χ1n) is 6.00. The zero-order valence-corrected chi connectivity index (χ0v) is 13.1. The Morgan fingerprint density at radius 3 is 2.89 bits per heavy atom. The van der Waals surface area contributed by atoms with Crippen LogP contribution >= 0.6 is 27.3 Å². The highest BCUT2D eigenvalue weighted by molar-refractivity contribution is 9.10. The maximum absolute atomic E-state index is 12.4. The molecule has 1 aliphatic rings. The molecule has 19 heavy (non-hydrogen) atoms. The Morgan fingerprint density at radius 2 is 2.21 bits per heavy atom. The Labute approximate surface area is 123 Å². The van der Waals surface area contributed by atoms with Gasteiger partial charge in [0.2, 0.25) is 0 Å². The van der Waals surface area contributed by atoms with Gasteiger partial charge >= 0.3 is 0 Å². The summed E-state index contributed by atoms with van der Waals surface area (Å²) >= 11 is 4.97. The average molecular weight is 341 g/mol. The topological polar surface area (TPSA) is 51.0 Å². The van der Waals surface area contributed by atoms with Gasteiger partial charge in [-0.15, -0.1) is 11.3 Å². The van der Waals surface area contributed by atoms with Crippen LogP contribution in [0, 0.1) is 13.8 Å². The van der Waals surface area contributed by atoms with Gasteiger partial charge in [-0.05, 0) is 35.8 Å². The lowest BCUT2D eigenvalue weighted by molar-refractivity contribution is 0.0707. The molecule has 0 saturated carbocycles. The van der Waals surface area contributed by atoms with E-state index in [2.05, 4.69) is 26.0 Å². The Bertz CT molecular complexity index is 629. The lowest BCUT2D eigenvalue weighted by atomic mass is 10.3. The Morgan fingerprint density at radius 1 is 1.42 bits per heavy atom. The number of halogens is 1. The number of hydrogen-bond donors (Lipinski definition) is 0. The van der Waals surface area contributed by atoms with Gasteiger partial charge in [0.15, 0.2) is 0 Å². The van der Waals surface area contributed by atoms with Gasteiger partial charge in [0.1, 0.15) is 11.6 Å². The van der Waals surface area contributed by atoms with Gasteiger partial charge in [0.25, 0.3) is 5.91 Å². The fraction of sp³-hybridized carbons (Fsp3) is 0.417. The molecule has 0 atom stereocenters. The molecule has 0 aliphatic carbocycles. The van der Waals surface area contributed by atoms with Crippen molar-refractivity contribution < 1.29 is 4.79 Å². The molecule has 3 heterocycles. The molecule has 7 heteroatoms. The van der Waals surface area contributed by atoms with Gasteiger partial charge in [-0.1, -0.05) is 0 Å². The highest BCUT2D eigenvalue weighted by atomic mass is 79.9. The Hall–Kier alpha value is -1.21. The number of nitrogens with zero attached hydrogens (tertiary/aromatic N) is 4. The minimum atomic E-state index is 0.0747. The van der Waals surface area contributed by atoms with Gasteiger partial charge in [-0.25, -0.2) is 9.67 Å². The zero-order valence-electron chi connectivity index (χ0n) is 10.7. The molecule has 100 valence electrons. The van der Waals surface area contributed by atoms with Crippen molar-refractivity contribution in [2.45, 2.75) is 26.9 Å². The van der Waals surface area contributed by atoms with Crippen molar-refractivity contribution in [3.8, 4) is 0 Å². The number of carbonyl (C=O) groups is 1. The second-order valence-electron chi connectivity index (χ2n) is 4.54. The van der Waals surface area contributed by atoms with Crippen LogP contribution in [0.4, 0.5) is 0 Å². The molecule has 0 radical (unpaired) electrons. The van der Waals surface area contributed by atoms with E-state index in [0.29, 0.717) is 19.6 Å². The van der Waals surface area contributed by atoms with Crippen molar-refractivity contribution in [2.24, 2.45) is 0 Å². The van der Waals surface area contributed by atoms with E-state index < -0.39 is 0 Å². The fourth-order valence-electron chi connectivity index (χ4n) is 2.15. The molecule has 2 aromatic rings. The van der Waals surface area contributed by atoms with E-state index in [4.69, 9.17) is 0 Å². The number of amides is 1. The van der Waals surface area contributed by atoms with Crippen LogP contribution in [0.15, 0.2) is 10.5 Å². The predicted molar refractivity (Wildman–Crippen MR) is 76.3 cm³/mol. The highest BCUT2D eigenvalue weighted by Gasteiger charge is 2.25. The van der Waals surface area contributed by atoms with Gasteiger partial charge in [0, 0.05) is 15.9 Å². The van der Waals surface area contributed by atoms with Crippen molar-refractivity contribution in [3.63, 3.8) is 0 Å². The molecule has 1 amide bonds. The third-order valence-electron chi connectivity index (χ3n) is 3.12. The summed E-state index contributed by atoms with van der Waals surface area (Å²) in [7, 11) is 0. The monoisotopic (exact) mass is 340 g/mol. The minimum Gasteiger partial charge on any atom is -0.329 e. The summed E-state index contributed by atoms with van der Waals surface area (Å²) in [5.41, 5.74) is 0. The zero-order chi connectivity index (χ0) is 13.6. The molecule has 5 nitrogen and oxygen atoms in total. The Balaban J connectivity index is 1.82. The maximum Gasteiger partial charge on any atom is 0.264 e. The number of rotatable bonds is 1. The summed E-state index contributed by atoms with van der Waals surface area (Å²) in [5.74, 6) is 1.70. The summed E-state index contributed by atoms with van der Waals surface area (Å²) in [6.07, 6.45) is 0. The second kappa shape index (κ2) is 4.72. The van der Waals surface area contributed by atoms with E-state index >= 15 is 0 Å². The molecular formula is C12H13BrN4OS. The molecule has 0 aromatic carbocycles. The fourth-order valence-corrected chi connectivity index (χ4v) is 3.66. The summed E-state index contributed by atoms with van der Waals surface area (Å²) in [6, 6.07) is 1.90. The largest absolute Gasteiger partial charge is 0.329 e. The highest BCUT2D eigenvalue weighted by Crippen LogP contribution is 2.28. The van der Waals surface area contributed by atoms with Crippen LogP contribution in [0.2, 0.25) is 0 Å². The van der Waals surface area contributed by atoms with Gasteiger partial charge in [-0.2, -0.15) is 5.10 Å². The molecule has 0 N–H and O–H groups in total. The SMILES string of the molecule is Cc1nc2n(n1)CCN(C(=O)c1cc(Br)c(C)s1)C2. The van der Waals surface area contributed by atoms with E-state index in [1.54, 1.807) is 0 Å². The maximum atomic E-state index is 12.4. The standard InChI is InChI=1S/C12H13BrN4OS/c1-7-9(13)5-10(19-7)12(18)16-3-4-17-11(6-16)14-8(2)15-17/h5H,3-4,6H2,1-2H3. The van der Waals surface area contributed by atoms with Gasteiger partial charge in [-0.3, -0.25) is 4.79 Å². The van der Waals surface area contributed by atoms with Gasteiger partial charge in [0.05, 0.1) is 18.0 Å². The molecule has 0 fully saturated rings. The summed E-state index contributed by atoms with van der Waals surface area (Å²) < 4.78 is 2.88. The van der Waals surface area contributed by atoms with Crippen LogP contribution in [-0.4, -0.2) is 32.1 Å². The van der Waals surface area contributed by atoms with Crippen LogP contribution in [0.25, 0.3) is 0 Å². The summed E-state index contributed by atoms with van der Waals surface area (Å²) in [5, 5.41) is 4.30. The number of aromatic nitrogens is 3. The van der Waals surface area contributed by atoms with Crippen molar-refractivity contribution in [1.29, 1.82) is 0 Å². The third-order valence-corrected chi connectivity index (χ3v) is 5.25. The molecule has 1 aliphatic heterocycles. The van der Waals surface area contributed by atoms with Crippen molar-refractivity contribution in [2.75, 3.05) is 6.54 Å². The van der Waals surface area contributed by atoms with E-state index in [9.17, 15) is 4.79 Å². The van der Waals surface area contributed by atoms with Crippen molar-refractivity contribution >= 4 is 33.2 Å². The van der Waals surface area contributed by atoms with Crippen LogP contribution in [-0.2, 0) is 13.1 Å². The molecule has 3 rings (SSSR count). The third kappa shape index (κ3) is 2.32. The van der Waals surface area contributed by atoms with E-state index in [1.807, 2.05) is 29.5 Å². The summed E-state index contributed by atoms with van der Waals surface area (Å²) in [4.78, 5) is 20.5. The number of thiophene rings is 1. The molecule has 0 bridgehead atoms. The minimum absolute atomic E-state index is 0.0747. The van der Waals surface area contributed by atoms with Crippen LogP contribution in [0.5, 0.6) is 0 Å². The van der Waals surface area contributed by atoms with Crippen LogP contribution < -0.4 is 0 Å². The Kier molecular flexibility index (Phi) is 3.18. The molecule has 0 saturated heterocycles. The normalized spacial score (nSPS) is 14.6. The predicted octanol–water partition coefficient (Wildman–Crippen LogP) is 2.37. The lowest BCUT2D eigenvalue weighted by Gasteiger charge is -2.26. The number of aryl methyl sites for hydroxylation is 2. The lowest BCUT2D eigenvalue weighted by Crippen LogP contribution is -2.38. The van der Waals surface area contributed by atoms with E-state index in [1.165, 1.54) is 11.3 Å². The second-order valence-corrected chi connectivity index (χ2v) is 6.65. The van der Waals surface area contributed by atoms with E-state index in [-0.39, 0.29) is 5.91 Å². The number of fused-ring (bicyclic) bond motifs is 1. The first kappa shape index (κ1) is 12.8.